The number of nitrogens with zero attached hydrogens (tertiary/aromatic N) is 1. The largest absolute Gasteiger partial charge is 0.305 e. The predicted molar refractivity (Wildman–Crippen MR) is 57.4 cm³/mol. The van der Waals surface area contributed by atoms with Gasteiger partial charge in [0.25, 0.3) is 10.1 Å². The van der Waals surface area contributed by atoms with Gasteiger partial charge in [0.15, 0.2) is 0 Å². The van der Waals surface area contributed by atoms with Gasteiger partial charge in [-0.15, -0.1) is 0 Å². The highest BCUT2D eigenvalue weighted by molar-refractivity contribution is 7.86. The number of hydrogen-bond donors (Lipinski definition) is 0. The minimum absolute atomic E-state index is 0.212. The molecule has 1 aromatic rings. The van der Waals surface area contributed by atoms with Crippen LogP contribution in [0.15, 0.2) is 18.2 Å². The van der Waals surface area contributed by atoms with Gasteiger partial charge in [0.05, 0.1) is 17.3 Å². The molecule has 6 nitrogen and oxygen atoms in total. The molecule has 0 amide bonds. The first-order valence-corrected chi connectivity index (χ1v) is 6.34. The third kappa shape index (κ3) is 3.75. The highest BCUT2D eigenvalue weighted by atomic mass is 32.2. The molecule has 0 N–H and O–H groups in total. The van der Waals surface area contributed by atoms with Crippen LogP contribution in [0.2, 0.25) is 0 Å². The van der Waals surface area contributed by atoms with Crippen LogP contribution in [-0.4, -0.2) is 19.6 Å². The second-order valence-electron chi connectivity index (χ2n) is 3.41. The summed E-state index contributed by atoms with van der Waals surface area (Å²) in [6, 6.07) is 3.08. The van der Waals surface area contributed by atoms with Crippen molar-refractivity contribution in [2.75, 3.05) is 6.26 Å². The Morgan fingerprint density at radius 3 is 2.53 bits per heavy atom. The van der Waals surface area contributed by atoms with Gasteiger partial charge in [-0.2, -0.15) is 12.8 Å². The number of rotatable bonds is 4. The molecule has 0 radical (unpaired) electrons. The van der Waals surface area contributed by atoms with Crippen LogP contribution in [0.5, 0.6) is 0 Å². The zero-order chi connectivity index (χ0) is 13.2. The molecule has 0 fully saturated rings. The average molecular weight is 263 g/mol. The molecular formula is C9H10FNO5S. The van der Waals surface area contributed by atoms with E-state index < -0.39 is 32.7 Å². The predicted octanol–water partition coefficient (Wildman–Crippen LogP) is 1.77. The zero-order valence-corrected chi connectivity index (χ0v) is 9.90. The number of nitro groups is 1. The lowest BCUT2D eigenvalue weighted by molar-refractivity contribution is -0.387. The summed E-state index contributed by atoms with van der Waals surface area (Å²) >= 11 is 0. The van der Waals surface area contributed by atoms with Crippen LogP contribution < -0.4 is 0 Å². The van der Waals surface area contributed by atoms with E-state index in [0.29, 0.717) is 0 Å². The van der Waals surface area contributed by atoms with Crippen LogP contribution in [0, 0.1) is 15.9 Å². The third-order valence-corrected chi connectivity index (χ3v) is 2.59. The quantitative estimate of drug-likeness (QED) is 0.469. The molecule has 0 bridgehead atoms. The van der Waals surface area contributed by atoms with Gasteiger partial charge in [0.1, 0.15) is 0 Å². The van der Waals surface area contributed by atoms with Crippen LogP contribution in [0.3, 0.4) is 0 Å². The lowest BCUT2D eigenvalue weighted by Crippen LogP contribution is -2.08. The van der Waals surface area contributed by atoms with E-state index in [0.717, 1.165) is 18.4 Å². The second kappa shape index (κ2) is 4.76. The summed E-state index contributed by atoms with van der Waals surface area (Å²) in [6.45, 7) is 1.40. The van der Waals surface area contributed by atoms with Crippen molar-refractivity contribution in [1.29, 1.82) is 0 Å². The lowest BCUT2D eigenvalue weighted by atomic mass is 10.1. The molecule has 0 heterocycles. The molecule has 1 unspecified atom stereocenters. The fourth-order valence-corrected chi connectivity index (χ4v) is 1.88. The van der Waals surface area contributed by atoms with Crippen LogP contribution in [0.4, 0.5) is 10.1 Å². The molecule has 0 aliphatic carbocycles. The first-order valence-electron chi connectivity index (χ1n) is 4.53. The number of nitro benzene ring substituents is 1. The Morgan fingerprint density at radius 1 is 1.47 bits per heavy atom. The van der Waals surface area contributed by atoms with Crippen molar-refractivity contribution in [2.24, 2.45) is 0 Å². The van der Waals surface area contributed by atoms with Gasteiger partial charge in [-0.3, -0.25) is 14.3 Å². The molecule has 1 atom stereocenters. The first-order chi connectivity index (χ1) is 7.70. The topological polar surface area (TPSA) is 86.5 Å². The summed E-state index contributed by atoms with van der Waals surface area (Å²) in [5.74, 6) is -0.981. The maximum atomic E-state index is 13.0. The van der Waals surface area contributed by atoms with Crippen LogP contribution >= 0.6 is 0 Å². The molecule has 17 heavy (non-hydrogen) atoms. The van der Waals surface area contributed by atoms with E-state index in [4.69, 9.17) is 0 Å². The maximum absolute atomic E-state index is 13.0. The maximum Gasteiger partial charge on any atom is 0.305 e. The minimum Gasteiger partial charge on any atom is -0.262 e. The number of hydrogen-bond acceptors (Lipinski definition) is 5. The van der Waals surface area contributed by atoms with Crippen LogP contribution in [0.25, 0.3) is 0 Å². The number of benzene rings is 1. The van der Waals surface area contributed by atoms with Gasteiger partial charge < -0.3 is 0 Å². The molecule has 0 aliphatic rings. The van der Waals surface area contributed by atoms with E-state index in [1.165, 1.54) is 13.0 Å². The van der Waals surface area contributed by atoms with Gasteiger partial charge in [0, 0.05) is 6.07 Å². The zero-order valence-electron chi connectivity index (χ0n) is 9.08. The fraction of sp³-hybridized carbons (Fsp3) is 0.333. The summed E-state index contributed by atoms with van der Waals surface area (Å²) < 4.78 is 39.4. The van der Waals surface area contributed by atoms with E-state index in [-0.39, 0.29) is 5.56 Å². The lowest BCUT2D eigenvalue weighted by Gasteiger charge is -2.10. The monoisotopic (exact) mass is 263 g/mol. The van der Waals surface area contributed by atoms with Gasteiger partial charge in [-0.05, 0) is 18.6 Å². The van der Waals surface area contributed by atoms with Crippen molar-refractivity contribution in [2.45, 2.75) is 13.0 Å². The Bertz CT molecular complexity index is 542. The van der Waals surface area contributed by atoms with Crippen molar-refractivity contribution < 1.29 is 21.9 Å². The van der Waals surface area contributed by atoms with Crippen molar-refractivity contribution in [3.8, 4) is 0 Å². The summed E-state index contributed by atoms with van der Waals surface area (Å²) in [7, 11) is -3.68. The highest BCUT2D eigenvalue weighted by Gasteiger charge is 2.19. The van der Waals surface area contributed by atoms with E-state index >= 15 is 0 Å². The summed E-state index contributed by atoms with van der Waals surface area (Å²) in [5, 5.41) is 10.5. The Hall–Kier alpha value is -1.54. The van der Waals surface area contributed by atoms with Crippen molar-refractivity contribution in [3.05, 3.63) is 39.7 Å². The molecule has 0 spiro atoms. The highest BCUT2D eigenvalue weighted by Crippen LogP contribution is 2.25. The molecule has 0 saturated carbocycles. The number of halogens is 1. The van der Waals surface area contributed by atoms with Gasteiger partial charge in [-0.25, -0.2) is 0 Å². The minimum atomic E-state index is -3.68. The molecule has 0 aromatic heterocycles. The summed E-state index contributed by atoms with van der Waals surface area (Å²) in [4.78, 5) is 9.61. The molecule has 94 valence electrons. The molecule has 1 aromatic carbocycles. The molecular weight excluding hydrogens is 253 g/mol. The smallest absolute Gasteiger partial charge is 0.262 e. The van der Waals surface area contributed by atoms with E-state index in [2.05, 4.69) is 4.18 Å². The van der Waals surface area contributed by atoms with Gasteiger partial charge >= 0.3 is 5.69 Å². The first kappa shape index (κ1) is 13.5. The Balaban J connectivity index is 3.08. The van der Waals surface area contributed by atoms with Crippen LogP contribution in [0.1, 0.15) is 18.6 Å². The molecule has 1 rings (SSSR count). The van der Waals surface area contributed by atoms with Gasteiger partial charge in [-0.1, -0.05) is 6.07 Å². The fourth-order valence-electron chi connectivity index (χ4n) is 1.24. The molecule has 0 saturated heterocycles. The van der Waals surface area contributed by atoms with Crippen molar-refractivity contribution in [3.63, 3.8) is 0 Å². The Kier molecular flexibility index (Phi) is 3.79. The molecule has 0 aliphatic heterocycles. The van der Waals surface area contributed by atoms with Crippen molar-refractivity contribution in [1.82, 2.24) is 0 Å². The standard InChI is InChI=1S/C9H10FNO5S/c1-6(16-17(2,14)15)7-3-4-8(10)9(5-7)11(12)13/h3-6H,1-2H3. The second-order valence-corrected chi connectivity index (χ2v) is 5.01. The van der Waals surface area contributed by atoms with E-state index in [1.54, 1.807) is 0 Å². The third-order valence-electron chi connectivity index (χ3n) is 1.96. The van der Waals surface area contributed by atoms with Gasteiger partial charge in [0.2, 0.25) is 5.82 Å². The average Bonchev–Trinajstić information content (AvgIpc) is 2.14. The van der Waals surface area contributed by atoms with Crippen LogP contribution in [-0.2, 0) is 14.3 Å². The summed E-state index contributed by atoms with van der Waals surface area (Å²) in [5.41, 5.74) is -0.505. The van der Waals surface area contributed by atoms with E-state index in [9.17, 15) is 22.9 Å². The van der Waals surface area contributed by atoms with Crippen molar-refractivity contribution >= 4 is 15.8 Å². The Labute approximate surface area is 97.3 Å². The SMILES string of the molecule is CC(OS(C)(=O)=O)c1ccc(F)c([N+](=O)[O-])c1. The van der Waals surface area contributed by atoms with E-state index in [1.807, 2.05) is 0 Å². The Morgan fingerprint density at radius 2 is 2.06 bits per heavy atom. The summed E-state index contributed by atoms with van der Waals surface area (Å²) in [6.07, 6.45) is -0.0501. The molecule has 8 heteroatoms. The normalized spacial score (nSPS) is 13.4.